The monoisotopic (exact) mass is 392 g/mol. The van der Waals surface area contributed by atoms with Gasteiger partial charge in [-0.15, -0.1) is 0 Å². The average molecular weight is 392 g/mol. The summed E-state index contributed by atoms with van der Waals surface area (Å²) < 4.78 is 10.1. The fourth-order valence-corrected chi connectivity index (χ4v) is 5.84. The van der Waals surface area contributed by atoms with E-state index in [9.17, 15) is 19.2 Å². The Balaban J connectivity index is 0.000000161. The van der Waals surface area contributed by atoms with E-state index >= 15 is 0 Å². The predicted molar refractivity (Wildman–Crippen MR) is 101 cm³/mol. The summed E-state index contributed by atoms with van der Waals surface area (Å²) in [6.07, 6.45) is 6.50. The van der Waals surface area contributed by atoms with Gasteiger partial charge in [-0.3, -0.25) is 19.2 Å². The maximum atomic E-state index is 11.6. The van der Waals surface area contributed by atoms with Crippen LogP contribution in [0.5, 0.6) is 0 Å². The maximum absolute atomic E-state index is 11.6. The van der Waals surface area contributed by atoms with Crippen molar-refractivity contribution in [2.75, 3.05) is 13.2 Å². The normalized spacial score (nSPS) is 35.8. The second kappa shape index (κ2) is 9.19. The number of hydrogen-bond donors (Lipinski definition) is 0. The lowest BCUT2D eigenvalue weighted by atomic mass is 9.78. The van der Waals surface area contributed by atoms with Crippen LogP contribution in [0.2, 0.25) is 0 Å². The van der Waals surface area contributed by atoms with Gasteiger partial charge in [0.25, 0.3) is 0 Å². The van der Waals surface area contributed by atoms with Crippen molar-refractivity contribution in [1.29, 1.82) is 0 Å². The highest BCUT2D eigenvalue weighted by Crippen LogP contribution is 2.46. The minimum atomic E-state index is -0.0764. The Labute approximate surface area is 166 Å². The van der Waals surface area contributed by atoms with Gasteiger partial charge in [0, 0.05) is 25.7 Å². The Morgan fingerprint density at radius 1 is 0.679 bits per heavy atom. The summed E-state index contributed by atoms with van der Waals surface area (Å²) >= 11 is 0. The molecule has 0 radical (unpaired) electrons. The molecule has 4 aliphatic rings. The quantitative estimate of drug-likeness (QED) is 0.683. The molecule has 0 aromatic heterocycles. The van der Waals surface area contributed by atoms with Crippen molar-refractivity contribution in [3.63, 3.8) is 0 Å². The number of carbonyl (C=O) groups excluding carboxylic acids is 4. The highest BCUT2D eigenvalue weighted by molar-refractivity contribution is 5.85. The lowest BCUT2D eigenvalue weighted by molar-refractivity contribution is -0.154. The lowest BCUT2D eigenvalue weighted by Crippen LogP contribution is -2.33. The molecule has 4 atom stereocenters. The van der Waals surface area contributed by atoms with Gasteiger partial charge < -0.3 is 9.47 Å². The zero-order valence-electron chi connectivity index (χ0n) is 17.0. The standard InChI is InChI=1S/2C11H16O3/c2*1-2-14-11(13)10-7-3-4-8(10)6-9(12)5-7/h2*7-8,10H,2-6H2,1H3/t2*7-,8-/m10/s1. The smallest absolute Gasteiger partial charge is 0.309 e. The number of fused-ring (bicyclic) bond motifs is 4. The Bertz CT molecular complexity index is 541. The van der Waals surface area contributed by atoms with E-state index in [1.807, 2.05) is 13.8 Å². The molecule has 6 heteroatoms. The van der Waals surface area contributed by atoms with E-state index in [0.29, 0.717) is 50.5 Å². The Kier molecular flexibility index (Phi) is 6.89. The van der Waals surface area contributed by atoms with Crippen LogP contribution in [0, 0.1) is 35.5 Å². The molecule has 0 spiro atoms. The minimum absolute atomic E-state index is 0.0210. The molecule has 0 N–H and O–H groups in total. The first-order valence-corrected chi connectivity index (χ1v) is 10.8. The number of Topliss-reactive ketones (excluding diaryl/α,β-unsaturated/α-hetero) is 2. The molecule has 0 heterocycles. The van der Waals surface area contributed by atoms with Gasteiger partial charge in [0.1, 0.15) is 11.6 Å². The Morgan fingerprint density at radius 2 is 0.964 bits per heavy atom. The van der Waals surface area contributed by atoms with Crippen LogP contribution in [0.15, 0.2) is 0 Å². The third-order valence-corrected chi connectivity index (χ3v) is 6.92. The molecule has 4 rings (SSSR count). The van der Waals surface area contributed by atoms with Gasteiger partial charge in [0.05, 0.1) is 25.0 Å². The van der Waals surface area contributed by atoms with Crippen molar-refractivity contribution >= 4 is 23.5 Å². The number of ether oxygens (including phenoxy) is 2. The fraction of sp³-hybridized carbons (Fsp3) is 0.818. The first kappa shape index (κ1) is 21.0. The van der Waals surface area contributed by atoms with E-state index in [1.165, 1.54) is 0 Å². The highest BCUT2D eigenvalue weighted by Gasteiger charge is 2.47. The third-order valence-electron chi connectivity index (χ3n) is 6.92. The number of carbonyl (C=O) groups is 4. The van der Waals surface area contributed by atoms with Crippen molar-refractivity contribution in [2.24, 2.45) is 35.5 Å². The molecular formula is C22H32O6. The summed E-state index contributed by atoms with van der Waals surface area (Å²) in [5, 5.41) is 0. The van der Waals surface area contributed by atoms with Crippen LogP contribution >= 0.6 is 0 Å². The lowest BCUT2D eigenvalue weighted by Gasteiger charge is -2.26. The zero-order chi connectivity index (χ0) is 20.3. The van der Waals surface area contributed by atoms with Crippen molar-refractivity contribution in [3.8, 4) is 0 Å². The van der Waals surface area contributed by atoms with Crippen LogP contribution in [-0.2, 0) is 28.7 Å². The summed E-state index contributed by atoms with van der Waals surface area (Å²) in [5.41, 5.74) is 0. The van der Waals surface area contributed by atoms with E-state index in [4.69, 9.17) is 9.47 Å². The zero-order valence-corrected chi connectivity index (χ0v) is 17.0. The van der Waals surface area contributed by atoms with E-state index < -0.39 is 0 Å². The van der Waals surface area contributed by atoms with Gasteiger partial charge in [0.2, 0.25) is 0 Å². The molecule has 4 fully saturated rings. The van der Waals surface area contributed by atoms with Crippen LogP contribution < -0.4 is 0 Å². The van der Waals surface area contributed by atoms with E-state index in [2.05, 4.69) is 0 Å². The molecule has 4 saturated carbocycles. The molecule has 0 unspecified atom stereocenters. The van der Waals surface area contributed by atoms with Crippen LogP contribution in [0.1, 0.15) is 65.2 Å². The molecule has 0 amide bonds. The molecule has 0 saturated heterocycles. The molecule has 4 aliphatic carbocycles. The second-order valence-corrected chi connectivity index (χ2v) is 8.64. The minimum Gasteiger partial charge on any atom is -0.466 e. The van der Waals surface area contributed by atoms with Gasteiger partial charge >= 0.3 is 11.9 Å². The van der Waals surface area contributed by atoms with Crippen LogP contribution in [-0.4, -0.2) is 36.7 Å². The van der Waals surface area contributed by atoms with Gasteiger partial charge in [-0.2, -0.15) is 0 Å². The molecule has 156 valence electrons. The predicted octanol–water partition coefficient (Wildman–Crippen LogP) is 3.11. The SMILES string of the molecule is CCOC(=O)C1[C@@H]2CC[C@@H]1CC(=O)C2.CCOC(=O)C1[C@H]2CC[C@H]1CC(=O)C2. The number of rotatable bonds is 4. The van der Waals surface area contributed by atoms with Gasteiger partial charge in [-0.05, 0) is 63.2 Å². The van der Waals surface area contributed by atoms with Crippen molar-refractivity contribution in [1.82, 2.24) is 0 Å². The molecule has 0 aliphatic heterocycles. The van der Waals surface area contributed by atoms with E-state index in [1.54, 1.807) is 0 Å². The van der Waals surface area contributed by atoms with Crippen molar-refractivity contribution < 1.29 is 28.7 Å². The van der Waals surface area contributed by atoms with Crippen LogP contribution in [0.25, 0.3) is 0 Å². The average Bonchev–Trinajstić information content (AvgIpc) is 3.07. The summed E-state index contributed by atoms with van der Waals surface area (Å²) in [5.74, 6) is 1.66. The largest absolute Gasteiger partial charge is 0.466 e. The Morgan fingerprint density at radius 3 is 1.21 bits per heavy atom. The number of ketones is 2. The number of esters is 2. The maximum Gasteiger partial charge on any atom is 0.309 e. The first-order chi connectivity index (χ1) is 13.4. The van der Waals surface area contributed by atoms with Crippen LogP contribution in [0.3, 0.4) is 0 Å². The first-order valence-electron chi connectivity index (χ1n) is 10.8. The summed E-state index contributed by atoms with van der Waals surface area (Å²) in [7, 11) is 0. The third kappa shape index (κ3) is 4.47. The summed E-state index contributed by atoms with van der Waals surface area (Å²) in [6.45, 7) is 4.55. The summed E-state index contributed by atoms with van der Waals surface area (Å²) in [6, 6.07) is 0. The van der Waals surface area contributed by atoms with Gasteiger partial charge in [-0.1, -0.05) is 0 Å². The topological polar surface area (TPSA) is 86.7 Å². The molecule has 6 nitrogen and oxygen atoms in total. The van der Waals surface area contributed by atoms with Crippen molar-refractivity contribution in [2.45, 2.75) is 65.2 Å². The molecule has 0 aromatic carbocycles. The number of hydrogen-bond acceptors (Lipinski definition) is 6. The molecule has 0 aromatic rings. The van der Waals surface area contributed by atoms with E-state index in [-0.39, 0.29) is 47.4 Å². The van der Waals surface area contributed by atoms with Gasteiger partial charge in [0.15, 0.2) is 0 Å². The highest BCUT2D eigenvalue weighted by atomic mass is 16.5. The fourth-order valence-electron chi connectivity index (χ4n) is 5.84. The molecular weight excluding hydrogens is 360 g/mol. The molecule has 4 bridgehead atoms. The van der Waals surface area contributed by atoms with Crippen molar-refractivity contribution in [3.05, 3.63) is 0 Å². The van der Waals surface area contributed by atoms with Crippen LogP contribution in [0.4, 0.5) is 0 Å². The van der Waals surface area contributed by atoms with E-state index in [0.717, 1.165) is 25.7 Å². The molecule has 28 heavy (non-hydrogen) atoms. The van der Waals surface area contributed by atoms with Gasteiger partial charge in [-0.25, -0.2) is 0 Å². The Hall–Kier alpha value is -1.72. The summed E-state index contributed by atoms with van der Waals surface area (Å²) in [4.78, 5) is 45.9. The second-order valence-electron chi connectivity index (χ2n) is 8.64.